The van der Waals surface area contributed by atoms with Crippen molar-refractivity contribution in [2.75, 3.05) is 7.11 Å². The van der Waals surface area contributed by atoms with Crippen molar-refractivity contribution in [2.24, 2.45) is 0 Å². The summed E-state index contributed by atoms with van der Waals surface area (Å²) in [7, 11) is 1.63. The Labute approximate surface area is 117 Å². The molecule has 106 valence electrons. The number of carboxylic acid groups (broad SMARTS) is 1. The lowest BCUT2D eigenvalue weighted by Gasteiger charge is -2.22. The Hall–Kier alpha value is -2.30. The minimum Gasteiger partial charge on any atom is -0.496 e. The van der Waals surface area contributed by atoms with E-state index in [1.807, 2.05) is 39.0 Å². The van der Waals surface area contributed by atoms with E-state index in [2.05, 4.69) is 5.16 Å². The minimum absolute atomic E-state index is 0.0849. The maximum Gasteiger partial charge on any atom is 0.358 e. The van der Waals surface area contributed by atoms with Gasteiger partial charge in [0, 0.05) is 6.07 Å². The molecule has 0 aliphatic carbocycles. The average molecular weight is 275 g/mol. The van der Waals surface area contributed by atoms with Gasteiger partial charge < -0.3 is 14.4 Å². The molecule has 2 aromatic rings. The van der Waals surface area contributed by atoms with Crippen LogP contribution < -0.4 is 4.74 Å². The highest BCUT2D eigenvalue weighted by atomic mass is 16.5. The predicted octanol–water partition coefficient (Wildman–Crippen LogP) is 3.02. The number of hydrogen-bond acceptors (Lipinski definition) is 4. The molecule has 0 saturated carbocycles. The Balaban J connectivity index is 2.42. The Morgan fingerprint density at radius 1 is 1.35 bits per heavy atom. The lowest BCUT2D eigenvalue weighted by molar-refractivity contribution is 0.0685. The normalized spacial score (nSPS) is 11.4. The quantitative estimate of drug-likeness (QED) is 0.928. The highest BCUT2D eigenvalue weighted by Crippen LogP contribution is 2.34. The molecule has 20 heavy (non-hydrogen) atoms. The third kappa shape index (κ3) is 2.39. The fourth-order valence-electron chi connectivity index (χ4n) is 2.08. The SMILES string of the molecule is COc1ccc(C(C)(C)c2cc(C(=O)O)no2)cc1C. The van der Waals surface area contributed by atoms with E-state index in [9.17, 15) is 4.79 Å². The summed E-state index contributed by atoms with van der Waals surface area (Å²) in [6, 6.07) is 7.29. The number of aryl methyl sites for hydroxylation is 1. The van der Waals surface area contributed by atoms with Gasteiger partial charge in [0.05, 0.1) is 12.5 Å². The van der Waals surface area contributed by atoms with Crippen molar-refractivity contribution in [2.45, 2.75) is 26.2 Å². The minimum atomic E-state index is -1.10. The number of rotatable bonds is 4. The van der Waals surface area contributed by atoms with Crippen LogP contribution in [0.1, 0.15) is 41.2 Å². The van der Waals surface area contributed by atoms with Crippen LogP contribution in [0.4, 0.5) is 0 Å². The molecule has 1 heterocycles. The molecule has 0 fully saturated rings. The largest absolute Gasteiger partial charge is 0.496 e. The maximum atomic E-state index is 10.9. The van der Waals surface area contributed by atoms with Gasteiger partial charge >= 0.3 is 5.97 Å². The van der Waals surface area contributed by atoms with E-state index in [-0.39, 0.29) is 5.69 Å². The molecule has 1 aromatic carbocycles. The zero-order chi connectivity index (χ0) is 14.9. The number of carbonyl (C=O) groups is 1. The van der Waals surface area contributed by atoms with Crippen molar-refractivity contribution in [3.05, 3.63) is 46.8 Å². The fourth-order valence-corrected chi connectivity index (χ4v) is 2.08. The molecular weight excluding hydrogens is 258 g/mol. The van der Waals surface area contributed by atoms with Crippen LogP contribution in [0, 0.1) is 6.92 Å². The molecular formula is C15H17NO4. The molecule has 5 heteroatoms. The molecule has 0 atom stereocenters. The van der Waals surface area contributed by atoms with Crippen molar-refractivity contribution in [3.8, 4) is 5.75 Å². The summed E-state index contributed by atoms with van der Waals surface area (Å²) in [5.41, 5.74) is 1.45. The number of ether oxygens (including phenoxy) is 1. The predicted molar refractivity (Wildman–Crippen MR) is 73.3 cm³/mol. The highest BCUT2D eigenvalue weighted by Gasteiger charge is 2.29. The number of nitrogens with zero attached hydrogens (tertiary/aromatic N) is 1. The maximum absolute atomic E-state index is 10.9. The number of carboxylic acids is 1. The number of methoxy groups -OCH3 is 1. The van der Waals surface area contributed by atoms with Crippen LogP contribution in [0.2, 0.25) is 0 Å². The summed E-state index contributed by atoms with van der Waals surface area (Å²) in [6.45, 7) is 5.88. The van der Waals surface area contributed by atoms with E-state index in [4.69, 9.17) is 14.4 Å². The molecule has 0 radical (unpaired) electrons. The fraction of sp³-hybridized carbons (Fsp3) is 0.333. The molecule has 1 N–H and O–H groups in total. The van der Waals surface area contributed by atoms with E-state index < -0.39 is 11.4 Å². The second kappa shape index (κ2) is 5.00. The number of aromatic nitrogens is 1. The van der Waals surface area contributed by atoms with Crippen molar-refractivity contribution in [3.63, 3.8) is 0 Å². The molecule has 0 amide bonds. The third-order valence-electron chi connectivity index (χ3n) is 3.46. The van der Waals surface area contributed by atoms with Crippen LogP contribution in [0.15, 0.2) is 28.8 Å². The van der Waals surface area contributed by atoms with Gasteiger partial charge in [-0.3, -0.25) is 0 Å². The number of aromatic carboxylic acids is 1. The van der Waals surface area contributed by atoms with Crippen LogP contribution in [0.5, 0.6) is 5.75 Å². The Morgan fingerprint density at radius 2 is 2.05 bits per heavy atom. The standard InChI is InChI=1S/C15H17NO4/c1-9-7-10(5-6-12(9)19-4)15(2,3)13-8-11(14(17)18)16-20-13/h5-8H,1-4H3,(H,17,18). The van der Waals surface area contributed by atoms with E-state index in [1.165, 1.54) is 6.07 Å². The highest BCUT2D eigenvalue weighted by molar-refractivity contribution is 5.85. The van der Waals surface area contributed by atoms with Crippen LogP contribution in [0.3, 0.4) is 0 Å². The Morgan fingerprint density at radius 3 is 2.55 bits per heavy atom. The van der Waals surface area contributed by atoms with Gasteiger partial charge in [-0.05, 0) is 38.0 Å². The van der Waals surface area contributed by atoms with Crippen molar-refractivity contribution >= 4 is 5.97 Å². The lowest BCUT2D eigenvalue weighted by Crippen LogP contribution is -2.18. The first-order valence-corrected chi connectivity index (χ1v) is 6.22. The molecule has 0 aliphatic rings. The zero-order valence-electron chi connectivity index (χ0n) is 11.9. The first-order chi connectivity index (χ1) is 9.36. The van der Waals surface area contributed by atoms with Gasteiger partial charge in [0.25, 0.3) is 0 Å². The Kier molecular flexibility index (Phi) is 3.53. The van der Waals surface area contributed by atoms with E-state index in [0.717, 1.165) is 16.9 Å². The van der Waals surface area contributed by atoms with Crippen molar-refractivity contribution < 1.29 is 19.2 Å². The van der Waals surface area contributed by atoms with Crippen LogP contribution in [0.25, 0.3) is 0 Å². The van der Waals surface area contributed by atoms with Crippen LogP contribution >= 0.6 is 0 Å². The smallest absolute Gasteiger partial charge is 0.358 e. The van der Waals surface area contributed by atoms with E-state index in [0.29, 0.717) is 5.76 Å². The summed E-state index contributed by atoms with van der Waals surface area (Å²) in [5.74, 6) is 0.231. The monoisotopic (exact) mass is 275 g/mol. The molecule has 0 spiro atoms. The first-order valence-electron chi connectivity index (χ1n) is 6.22. The lowest BCUT2D eigenvalue weighted by atomic mass is 9.81. The molecule has 1 aromatic heterocycles. The summed E-state index contributed by atoms with van der Waals surface area (Å²) in [4.78, 5) is 10.9. The van der Waals surface area contributed by atoms with Crippen molar-refractivity contribution in [1.29, 1.82) is 0 Å². The van der Waals surface area contributed by atoms with Gasteiger partial charge in [0.2, 0.25) is 0 Å². The van der Waals surface area contributed by atoms with Gasteiger partial charge in [-0.1, -0.05) is 17.3 Å². The number of benzene rings is 1. The number of hydrogen-bond donors (Lipinski definition) is 1. The summed E-state index contributed by atoms with van der Waals surface area (Å²) < 4.78 is 10.4. The second-order valence-corrected chi connectivity index (χ2v) is 5.19. The molecule has 0 bridgehead atoms. The summed E-state index contributed by atoms with van der Waals surface area (Å²) in [6.07, 6.45) is 0. The van der Waals surface area contributed by atoms with E-state index >= 15 is 0 Å². The zero-order valence-corrected chi connectivity index (χ0v) is 11.9. The topological polar surface area (TPSA) is 72.6 Å². The van der Waals surface area contributed by atoms with Crippen LogP contribution in [-0.2, 0) is 5.41 Å². The van der Waals surface area contributed by atoms with Crippen LogP contribution in [-0.4, -0.2) is 23.3 Å². The molecule has 2 rings (SSSR count). The molecule has 5 nitrogen and oxygen atoms in total. The van der Waals surface area contributed by atoms with Gasteiger partial charge in [-0.2, -0.15) is 0 Å². The molecule has 0 unspecified atom stereocenters. The van der Waals surface area contributed by atoms with Gasteiger partial charge in [-0.25, -0.2) is 4.79 Å². The van der Waals surface area contributed by atoms with Gasteiger partial charge in [-0.15, -0.1) is 0 Å². The second-order valence-electron chi connectivity index (χ2n) is 5.19. The van der Waals surface area contributed by atoms with Gasteiger partial charge in [0.1, 0.15) is 11.5 Å². The molecule has 0 aliphatic heterocycles. The average Bonchev–Trinajstić information content (AvgIpc) is 2.89. The summed E-state index contributed by atoms with van der Waals surface area (Å²) in [5, 5.41) is 12.5. The van der Waals surface area contributed by atoms with Crippen molar-refractivity contribution in [1.82, 2.24) is 5.16 Å². The van der Waals surface area contributed by atoms with E-state index in [1.54, 1.807) is 7.11 Å². The molecule has 0 saturated heterocycles. The third-order valence-corrected chi connectivity index (χ3v) is 3.46. The summed E-state index contributed by atoms with van der Waals surface area (Å²) >= 11 is 0. The Bertz CT molecular complexity index is 643. The van der Waals surface area contributed by atoms with Gasteiger partial charge in [0.15, 0.2) is 5.69 Å². The first kappa shape index (κ1) is 14.1.